The van der Waals surface area contributed by atoms with Crippen LogP contribution in [0.2, 0.25) is 0 Å². The zero-order valence-corrected chi connectivity index (χ0v) is 14.5. The van der Waals surface area contributed by atoms with Gasteiger partial charge in [0.2, 0.25) is 5.91 Å². The number of allylic oxidation sites excluding steroid dienone is 1. The zero-order valence-electron chi connectivity index (χ0n) is 14.5. The van der Waals surface area contributed by atoms with Crippen LogP contribution in [0.5, 0.6) is 0 Å². The summed E-state index contributed by atoms with van der Waals surface area (Å²) >= 11 is 0. The Labute approximate surface area is 139 Å². The van der Waals surface area contributed by atoms with Crippen molar-refractivity contribution in [1.29, 1.82) is 0 Å². The summed E-state index contributed by atoms with van der Waals surface area (Å²) in [5, 5.41) is 2.98. The summed E-state index contributed by atoms with van der Waals surface area (Å²) in [7, 11) is 0. The quantitative estimate of drug-likeness (QED) is 0.821. The molecule has 1 aliphatic heterocycles. The number of hydrogen-bond acceptors (Lipinski definition) is 3. The Morgan fingerprint density at radius 1 is 1.43 bits per heavy atom. The number of carbonyl (C=O) groups is 1. The molecule has 1 aromatic rings. The average Bonchev–Trinajstić information content (AvgIpc) is 2.53. The first-order valence-corrected chi connectivity index (χ1v) is 8.45. The van der Waals surface area contributed by atoms with Crippen LogP contribution in [-0.4, -0.2) is 36.6 Å². The van der Waals surface area contributed by atoms with Gasteiger partial charge in [0, 0.05) is 31.8 Å². The van der Waals surface area contributed by atoms with Crippen LogP contribution < -0.4 is 5.32 Å². The number of morpholine rings is 1. The minimum Gasteiger partial charge on any atom is -0.376 e. The summed E-state index contributed by atoms with van der Waals surface area (Å²) in [4.78, 5) is 14.4. The molecule has 0 spiro atoms. The predicted molar refractivity (Wildman–Crippen MR) is 93.0 cm³/mol. The number of benzene rings is 1. The van der Waals surface area contributed by atoms with Crippen LogP contribution in [0.3, 0.4) is 0 Å². The fourth-order valence-electron chi connectivity index (χ4n) is 2.85. The molecule has 0 radical (unpaired) electrons. The second-order valence-corrected chi connectivity index (χ2v) is 6.21. The van der Waals surface area contributed by atoms with E-state index < -0.39 is 0 Å². The lowest BCUT2D eigenvalue weighted by molar-refractivity contribution is -0.117. The summed E-state index contributed by atoms with van der Waals surface area (Å²) in [5.41, 5.74) is 3.21. The summed E-state index contributed by atoms with van der Waals surface area (Å²) < 4.78 is 5.58. The van der Waals surface area contributed by atoms with Crippen molar-refractivity contribution >= 4 is 5.91 Å². The fourth-order valence-corrected chi connectivity index (χ4v) is 2.85. The van der Waals surface area contributed by atoms with E-state index in [-0.39, 0.29) is 5.91 Å². The predicted octanol–water partition coefficient (Wildman–Crippen LogP) is 2.88. The van der Waals surface area contributed by atoms with Crippen LogP contribution in [-0.2, 0) is 22.6 Å². The van der Waals surface area contributed by atoms with Crippen LogP contribution in [0.15, 0.2) is 35.9 Å². The van der Waals surface area contributed by atoms with Gasteiger partial charge in [-0.25, -0.2) is 0 Å². The number of rotatable bonds is 6. The molecule has 4 nitrogen and oxygen atoms in total. The minimum absolute atomic E-state index is 0.0132. The van der Waals surface area contributed by atoms with Crippen molar-refractivity contribution in [1.82, 2.24) is 10.2 Å². The van der Waals surface area contributed by atoms with E-state index >= 15 is 0 Å². The molecule has 1 aromatic carbocycles. The van der Waals surface area contributed by atoms with Crippen LogP contribution >= 0.6 is 0 Å². The number of ether oxygens (including phenoxy) is 1. The lowest BCUT2D eigenvalue weighted by atomic mass is 10.1. The highest BCUT2D eigenvalue weighted by atomic mass is 16.5. The van der Waals surface area contributed by atoms with Crippen molar-refractivity contribution in [2.24, 2.45) is 0 Å². The van der Waals surface area contributed by atoms with Crippen molar-refractivity contribution in [3.63, 3.8) is 0 Å². The Morgan fingerprint density at radius 2 is 2.22 bits per heavy atom. The Hall–Kier alpha value is -1.65. The molecule has 1 amide bonds. The van der Waals surface area contributed by atoms with Gasteiger partial charge in [0.1, 0.15) is 0 Å². The molecular formula is C19H28N2O2. The zero-order chi connectivity index (χ0) is 16.7. The molecule has 0 bridgehead atoms. The molecule has 0 unspecified atom stereocenters. The van der Waals surface area contributed by atoms with Gasteiger partial charge in [-0.05, 0) is 31.4 Å². The van der Waals surface area contributed by atoms with Crippen molar-refractivity contribution < 1.29 is 9.53 Å². The second-order valence-electron chi connectivity index (χ2n) is 6.21. The van der Waals surface area contributed by atoms with Gasteiger partial charge in [0.15, 0.2) is 0 Å². The minimum atomic E-state index is 0.0132. The van der Waals surface area contributed by atoms with Crippen LogP contribution in [0.4, 0.5) is 0 Å². The number of nitrogens with one attached hydrogen (secondary N) is 1. The largest absolute Gasteiger partial charge is 0.376 e. The SMILES string of the molecule is CC/C=C(/C)C(=O)NCc1cccc(CN2CCO[C@H](C)C2)c1. The third-order valence-corrected chi connectivity index (χ3v) is 4.04. The van der Waals surface area contributed by atoms with E-state index in [1.54, 1.807) is 0 Å². The molecule has 126 valence electrons. The Kier molecular flexibility index (Phi) is 6.81. The molecule has 1 heterocycles. The molecule has 0 saturated carbocycles. The second kappa shape index (κ2) is 8.85. The van der Waals surface area contributed by atoms with E-state index in [1.807, 2.05) is 19.9 Å². The number of nitrogens with zero attached hydrogens (tertiary/aromatic N) is 1. The normalized spacial score (nSPS) is 19.6. The van der Waals surface area contributed by atoms with Gasteiger partial charge < -0.3 is 10.1 Å². The maximum absolute atomic E-state index is 11.9. The summed E-state index contributed by atoms with van der Waals surface area (Å²) in [5.74, 6) is 0.0132. The third kappa shape index (κ3) is 5.81. The molecule has 2 rings (SSSR count). The molecule has 0 aliphatic carbocycles. The van der Waals surface area contributed by atoms with Crippen LogP contribution in [0, 0.1) is 0 Å². The summed E-state index contributed by atoms with van der Waals surface area (Å²) in [6, 6.07) is 8.45. The number of carbonyl (C=O) groups excluding carboxylic acids is 1. The molecule has 1 aliphatic rings. The average molecular weight is 316 g/mol. The van der Waals surface area contributed by atoms with Gasteiger partial charge in [0.05, 0.1) is 12.7 Å². The first-order chi connectivity index (χ1) is 11.1. The van der Waals surface area contributed by atoms with Gasteiger partial charge in [-0.3, -0.25) is 9.69 Å². The molecule has 23 heavy (non-hydrogen) atoms. The van der Waals surface area contributed by atoms with Gasteiger partial charge in [-0.15, -0.1) is 0 Å². The molecule has 1 N–H and O–H groups in total. The third-order valence-electron chi connectivity index (χ3n) is 4.04. The van der Waals surface area contributed by atoms with E-state index in [0.717, 1.165) is 43.8 Å². The highest BCUT2D eigenvalue weighted by Crippen LogP contribution is 2.12. The highest BCUT2D eigenvalue weighted by molar-refractivity contribution is 5.92. The fraction of sp³-hybridized carbons (Fsp3) is 0.526. The molecule has 4 heteroatoms. The van der Waals surface area contributed by atoms with Crippen molar-refractivity contribution in [2.75, 3.05) is 19.7 Å². The van der Waals surface area contributed by atoms with Gasteiger partial charge in [-0.2, -0.15) is 0 Å². The van der Waals surface area contributed by atoms with Crippen molar-refractivity contribution in [3.8, 4) is 0 Å². The van der Waals surface area contributed by atoms with Gasteiger partial charge >= 0.3 is 0 Å². The first kappa shape index (κ1) is 17.7. The summed E-state index contributed by atoms with van der Waals surface area (Å²) in [6.45, 7) is 10.3. The monoisotopic (exact) mass is 316 g/mol. The molecule has 1 atom stereocenters. The van der Waals surface area contributed by atoms with E-state index in [0.29, 0.717) is 12.6 Å². The smallest absolute Gasteiger partial charge is 0.246 e. The lowest BCUT2D eigenvalue weighted by Gasteiger charge is -2.31. The van der Waals surface area contributed by atoms with E-state index in [9.17, 15) is 4.79 Å². The Morgan fingerprint density at radius 3 is 2.96 bits per heavy atom. The Balaban J connectivity index is 1.89. The number of hydrogen-bond donors (Lipinski definition) is 1. The summed E-state index contributed by atoms with van der Waals surface area (Å²) in [6.07, 6.45) is 3.14. The molecule has 0 aromatic heterocycles. The van der Waals surface area contributed by atoms with Crippen LogP contribution in [0.25, 0.3) is 0 Å². The maximum Gasteiger partial charge on any atom is 0.246 e. The highest BCUT2D eigenvalue weighted by Gasteiger charge is 2.16. The van der Waals surface area contributed by atoms with E-state index in [4.69, 9.17) is 4.74 Å². The van der Waals surface area contributed by atoms with Gasteiger partial charge in [0.25, 0.3) is 0 Å². The van der Waals surface area contributed by atoms with Crippen LogP contribution in [0.1, 0.15) is 38.3 Å². The number of amides is 1. The van der Waals surface area contributed by atoms with Crippen molar-refractivity contribution in [3.05, 3.63) is 47.0 Å². The molecule has 1 fully saturated rings. The van der Waals surface area contributed by atoms with Gasteiger partial charge in [-0.1, -0.05) is 37.3 Å². The first-order valence-electron chi connectivity index (χ1n) is 8.45. The molecular weight excluding hydrogens is 288 g/mol. The topological polar surface area (TPSA) is 41.6 Å². The lowest BCUT2D eigenvalue weighted by Crippen LogP contribution is -2.40. The van der Waals surface area contributed by atoms with E-state index in [2.05, 4.69) is 41.4 Å². The Bertz CT molecular complexity index is 554. The van der Waals surface area contributed by atoms with Crippen molar-refractivity contribution in [2.45, 2.75) is 46.4 Å². The molecule has 1 saturated heterocycles. The van der Waals surface area contributed by atoms with E-state index in [1.165, 1.54) is 5.56 Å². The maximum atomic E-state index is 11.9. The standard InChI is InChI=1S/C19H28N2O2/c1-4-6-15(2)19(22)20-12-17-7-5-8-18(11-17)14-21-9-10-23-16(3)13-21/h5-8,11,16H,4,9-10,12-14H2,1-3H3,(H,20,22)/b15-6-/t16-/m1/s1.